The van der Waals surface area contributed by atoms with Crippen molar-refractivity contribution >= 4 is 11.6 Å². The van der Waals surface area contributed by atoms with Gasteiger partial charge < -0.3 is 16.2 Å². The molecule has 1 rings (SSSR count). The highest BCUT2D eigenvalue weighted by atomic mass is 35.5. The Labute approximate surface area is 102 Å². The standard InChI is InChI=1S/C12H19ClN2O/c1-12(2,15)7-11(14)9-5-4-8(16-3)6-10(9)13/h4-6,11H,7,14-15H2,1-3H3. The average Bonchev–Trinajstić information content (AvgIpc) is 2.14. The van der Waals surface area contributed by atoms with E-state index in [1.165, 1.54) is 0 Å². The predicted molar refractivity (Wildman–Crippen MR) is 67.8 cm³/mol. The van der Waals surface area contributed by atoms with Crippen LogP contribution in [0.2, 0.25) is 5.02 Å². The summed E-state index contributed by atoms with van der Waals surface area (Å²) in [5.41, 5.74) is 12.6. The summed E-state index contributed by atoms with van der Waals surface area (Å²) in [6.45, 7) is 3.90. The second kappa shape index (κ2) is 5.04. The van der Waals surface area contributed by atoms with E-state index in [0.717, 1.165) is 11.3 Å². The fraction of sp³-hybridized carbons (Fsp3) is 0.500. The highest BCUT2D eigenvalue weighted by molar-refractivity contribution is 6.31. The van der Waals surface area contributed by atoms with E-state index in [2.05, 4.69) is 0 Å². The van der Waals surface area contributed by atoms with Gasteiger partial charge in [0, 0.05) is 16.6 Å². The van der Waals surface area contributed by atoms with Crippen LogP contribution in [0.25, 0.3) is 0 Å². The normalized spacial score (nSPS) is 13.6. The Morgan fingerprint density at radius 1 is 1.44 bits per heavy atom. The highest BCUT2D eigenvalue weighted by Gasteiger charge is 2.19. The molecule has 90 valence electrons. The third-order valence-corrected chi connectivity index (χ3v) is 2.68. The topological polar surface area (TPSA) is 61.3 Å². The van der Waals surface area contributed by atoms with E-state index in [4.69, 9.17) is 27.8 Å². The lowest BCUT2D eigenvalue weighted by Gasteiger charge is -2.24. The van der Waals surface area contributed by atoms with Crippen molar-refractivity contribution < 1.29 is 4.74 Å². The maximum Gasteiger partial charge on any atom is 0.120 e. The van der Waals surface area contributed by atoms with Gasteiger partial charge in [0.05, 0.1) is 7.11 Å². The summed E-state index contributed by atoms with van der Waals surface area (Å²) in [4.78, 5) is 0. The number of benzene rings is 1. The zero-order chi connectivity index (χ0) is 12.3. The van der Waals surface area contributed by atoms with Gasteiger partial charge in [-0.15, -0.1) is 0 Å². The maximum atomic E-state index is 6.13. The number of ether oxygens (including phenoxy) is 1. The van der Waals surface area contributed by atoms with E-state index in [1.807, 2.05) is 26.0 Å². The van der Waals surface area contributed by atoms with E-state index >= 15 is 0 Å². The smallest absolute Gasteiger partial charge is 0.120 e. The summed E-state index contributed by atoms with van der Waals surface area (Å²) in [6, 6.07) is 5.35. The van der Waals surface area contributed by atoms with Gasteiger partial charge in [-0.3, -0.25) is 0 Å². The van der Waals surface area contributed by atoms with Gasteiger partial charge >= 0.3 is 0 Å². The largest absolute Gasteiger partial charge is 0.497 e. The summed E-state index contributed by atoms with van der Waals surface area (Å²) in [7, 11) is 1.61. The molecule has 0 radical (unpaired) electrons. The van der Waals surface area contributed by atoms with Crippen molar-refractivity contribution in [1.29, 1.82) is 0 Å². The summed E-state index contributed by atoms with van der Waals surface area (Å²) >= 11 is 6.13. The Balaban J connectivity index is 2.88. The number of nitrogens with two attached hydrogens (primary N) is 2. The van der Waals surface area contributed by atoms with Gasteiger partial charge in [0.15, 0.2) is 0 Å². The van der Waals surface area contributed by atoms with Crippen molar-refractivity contribution in [3.05, 3.63) is 28.8 Å². The molecule has 0 aliphatic carbocycles. The molecule has 0 saturated heterocycles. The minimum atomic E-state index is -0.303. The molecule has 0 aliphatic heterocycles. The fourth-order valence-electron chi connectivity index (χ4n) is 1.61. The van der Waals surface area contributed by atoms with Crippen LogP contribution in [-0.2, 0) is 0 Å². The van der Waals surface area contributed by atoms with Crippen molar-refractivity contribution in [2.24, 2.45) is 11.5 Å². The van der Waals surface area contributed by atoms with Crippen molar-refractivity contribution in [3.63, 3.8) is 0 Å². The molecule has 0 amide bonds. The molecule has 0 fully saturated rings. The number of halogens is 1. The molecule has 0 bridgehead atoms. The zero-order valence-electron chi connectivity index (χ0n) is 9.96. The molecule has 1 aromatic rings. The SMILES string of the molecule is COc1ccc(C(N)CC(C)(C)N)c(Cl)c1. The molecule has 4 heteroatoms. The highest BCUT2D eigenvalue weighted by Crippen LogP contribution is 2.29. The molecule has 0 aliphatic rings. The molecule has 0 heterocycles. The van der Waals surface area contributed by atoms with Gasteiger partial charge in [-0.2, -0.15) is 0 Å². The minimum Gasteiger partial charge on any atom is -0.497 e. The molecular formula is C12H19ClN2O. The number of methoxy groups -OCH3 is 1. The van der Waals surface area contributed by atoms with Crippen molar-refractivity contribution in [1.82, 2.24) is 0 Å². The monoisotopic (exact) mass is 242 g/mol. The molecule has 1 aromatic carbocycles. The number of hydrogen-bond acceptors (Lipinski definition) is 3. The second-order valence-corrected chi connectivity index (χ2v) is 5.09. The van der Waals surface area contributed by atoms with Crippen LogP contribution >= 0.6 is 11.6 Å². The van der Waals surface area contributed by atoms with Crippen LogP contribution in [0.4, 0.5) is 0 Å². The van der Waals surface area contributed by atoms with E-state index < -0.39 is 0 Å². The quantitative estimate of drug-likeness (QED) is 0.853. The lowest BCUT2D eigenvalue weighted by Crippen LogP contribution is -2.35. The molecular weight excluding hydrogens is 224 g/mol. The maximum absolute atomic E-state index is 6.13. The van der Waals surface area contributed by atoms with Crippen LogP contribution in [0.1, 0.15) is 31.9 Å². The lowest BCUT2D eigenvalue weighted by atomic mass is 9.92. The van der Waals surface area contributed by atoms with E-state index in [1.54, 1.807) is 13.2 Å². The van der Waals surface area contributed by atoms with Gasteiger partial charge in [-0.05, 0) is 38.0 Å². The first-order chi connectivity index (χ1) is 7.33. The van der Waals surface area contributed by atoms with Crippen LogP contribution in [0.15, 0.2) is 18.2 Å². The van der Waals surface area contributed by atoms with Gasteiger partial charge in [0.25, 0.3) is 0 Å². The summed E-state index contributed by atoms with van der Waals surface area (Å²) in [5.74, 6) is 0.730. The third kappa shape index (κ3) is 3.67. The van der Waals surface area contributed by atoms with Crippen LogP contribution in [-0.4, -0.2) is 12.6 Å². The molecule has 0 aromatic heterocycles. The summed E-state index contributed by atoms with van der Waals surface area (Å²) in [6.07, 6.45) is 0.680. The van der Waals surface area contributed by atoms with E-state index in [-0.39, 0.29) is 11.6 Å². The molecule has 1 unspecified atom stereocenters. The molecule has 4 N–H and O–H groups in total. The van der Waals surface area contributed by atoms with Crippen LogP contribution in [0.5, 0.6) is 5.75 Å². The third-order valence-electron chi connectivity index (χ3n) is 2.35. The Hall–Kier alpha value is -0.770. The second-order valence-electron chi connectivity index (χ2n) is 4.69. The fourth-order valence-corrected chi connectivity index (χ4v) is 1.92. The van der Waals surface area contributed by atoms with Gasteiger partial charge in [0.1, 0.15) is 5.75 Å². The minimum absolute atomic E-state index is 0.154. The first kappa shape index (κ1) is 13.3. The Morgan fingerprint density at radius 2 is 2.06 bits per heavy atom. The zero-order valence-corrected chi connectivity index (χ0v) is 10.7. The molecule has 0 spiro atoms. The van der Waals surface area contributed by atoms with Gasteiger partial charge in [-0.1, -0.05) is 17.7 Å². The van der Waals surface area contributed by atoms with Gasteiger partial charge in [-0.25, -0.2) is 0 Å². The Kier molecular flexibility index (Phi) is 4.19. The number of hydrogen-bond donors (Lipinski definition) is 2. The van der Waals surface area contributed by atoms with Crippen LogP contribution in [0, 0.1) is 0 Å². The van der Waals surface area contributed by atoms with E-state index in [0.29, 0.717) is 11.4 Å². The molecule has 0 saturated carbocycles. The Morgan fingerprint density at radius 3 is 2.50 bits per heavy atom. The van der Waals surface area contributed by atoms with Crippen molar-refractivity contribution in [2.75, 3.05) is 7.11 Å². The van der Waals surface area contributed by atoms with E-state index in [9.17, 15) is 0 Å². The number of rotatable bonds is 4. The predicted octanol–water partition coefficient (Wildman–Crippen LogP) is 2.48. The van der Waals surface area contributed by atoms with Crippen LogP contribution < -0.4 is 16.2 Å². The Bertz CT molecular complexity index is 361. The molecule has 16 heavy (non-hydrogen) atoms. The first-order valence-corrected chi connectivity index (χ1v) is 5.59. The van der Waals surface area contributed by atoms with Gasteiger partial charge in [0.2, 0.25) is 0 Å². The summed E-state index contributed by atoms with van der Waals surface area (Å²) in [5, 5.41) is 0.621. The van der Waals surface area contributed by atoms with Crippen LogP contribution in [0.3, 0.4) is 0 Å². The lowest BCUT2D eigenvalue weighted by molar-refractivity contribution is 0.413. The molecule has 1 atom stereocenters. The summed E-state index contributed by atoms with van der Waals surface area (Å²) < 4.78 is 5.08. The first-order valence-electron chi connectivity index (χ1n) is 5.21. The van der Waals surface area contributed by atoms with Crippen molar-refractivity contribution in [2.45, 2.75) is 31.8 Å². The molecule has 3 nitrogen and oxygen atoms in total. The average molecular weight is 243 g/mol. The van der Waals surface area contributed by atoms with Crippen molar-refractivity contribution in [3.8, 4) is 5.75 Å².